The maximum Gasteiger partial charge on any atom is 0.410 e. The number of aromatic nitrogens is 5. The van der Waals surface area contributed by atoms with Crippen LogP contribution in [0.4, 0.5) is 4.79 Å². The van der Waals surface area contributed by atoms with E-state index in [0.717, 1.165) is 16.8 Å². The molecule has 3 aromatic rings. The lowest BCUT2D eigenvalue weighted by molar-refractivity contribution is -0.0588. The van der Waals surface area contributed by atoms with Crippen LogP contribution in [0.2, 0.25) is 0 Å². The van der Waals surface area contributed by atoms with Gasteiger partial charge in [-0.1, -0.05) is 0 Å². The second-order valence-corrected chi connectivity index (χ2v) is 9.20. The summed E-state index contributed by atoms with van der Waals surface area (Å²) in [5, 5.41) is 8.57. The summed E-state index contributed by atoms with van der Waals surface area (Å²) in [6, 6.07) is 1.94. The molecule has 3 aromatic heterocycles. The van der Waals surface area contributed by atoms with E-state index in [9.17, 15) is 4.79 Å². The molecule has 1 aliphatic carbocycles. The lowest BCUT2D eigenvalue weighted by atomic mass is 9.76. The molecular formula is C21H28N6O3. The highest BCUT2D eigenvalue weighted by Crippen LogP contribution is 2.40. The lowest BCUT2D eigenvalue weighted by Crippen LogP contribution is -2.57. The Labute approximate surface area is 175 Å². The number of carbonyl (C=O) groups excluding carboxylic acids is 1. The molecule has 0 atom stereocenters. The molecule has 1 saturated carbocycles. The Kier molecular flexibility index (Phi) is 4.71. The minimum absolute atomic E-state index is 0.0623. The van der Waals surface area contributed by atoms with E-state index in [1.54, 1.807) is 33.5 Å². The van der Waals surface area contributed by atoms with E-state index in [1.165, 1.54) is 0 Å². The van der Waals surface area contributed by atoms with E-state index in [1.807, 2.05) is 53.2 Å². The molecular weight excluding hydrogens is 384 g/mol. The molecule has 0 N–H and O–H groups in total. The van der Waals surface area contributed by atoms with Crippen molar-refractivity contribution < 1.29 is 14.3 Å². The van der Waals surface area contributed by atoms with Crippen LogP contribution in [0.1, 0.15) is 40.5 Å². The zero-order valence-corrected chi connectivity index (χ0v) is 18.3. The Balaban J connectivity index is 1.51. The van der Waals surface area contributed by atoms with Gasteiger partial charge in [0, 0.05) is 44.7 Å². The van der Waals surface area contributed by atoms with E-state index < -0.39 is 11.2 Å². The first-order valence-corrected chi connectivity index (χ1v) is 10.0. The van der Waals surface area contributed by atoms with Gasteiger partial charge in [-0.25, -0.2) is 14.3 Å². The molecule has 4 rings (SSSR count). The topological polar surface area (TPSA) is 86.8 Å². The van der Waals surface area contributed by atoms with Gasteiger partial charge in [0.05, 0.1) is 24.3 Å². The molecule has 1 amide bonds. The van der Waals surface area contributed by atoms with Crippen LogP contribution in [0, 0.1) is 0 Å². The maximum absolute atomic E-state index is 12.3. The summed E-state index contributed by atoms with van der Waals surface area (Å²) >= 11 is 0. The average molecular weight is 412 g/mol. The van der Waals surface area contributed by atoms with Gasteiger partial charge in [0.25, 0.3) is 0 Å². The van der Waals surface area contributed by atoms with E-state index >= 15 is 0 Å². The molecule has 0 aromatic carbocycles. The predicted octanol–water partition coefficient (Wildman–Crippen LogP) is 3.30. The summed E-state index contributed by atoms with van der Waals surface area (Å²) < 4.78 is 15.3. The summed E-state index contributed by atoms with van der Waals surface area (Å²) in [5.41, 5.74) is 1.49. The van der Waals surface area contributed by atoms with E-state index in [-0.39, 0.29) is 12.1 Å². The summed E-state index contributed by atoms with van der Waals surface area (Å²) in [6.45, 7) is 7.64. The molecule has 0 unspecified atom stereocenters. The first-order chi connectivity index (χ1) is 14.0. The molecule has 30 heavy (non-hydrogen) atoms. The molecule has 160 valence electrons. The number of hydrogen-bond acceptors (Lipinski definition) is 6. The number of amides is 1. The van der Waals surface area contributed by atoms with Crippen LogP contribution in [-0.4, -0.2) is 59.7 Å². The quantitative estimate of drug-likeness (QED) is 0.653. The largest absolute Gasteiger partial charge is 0.470 e. The standard InChI is InChI=1S/C21H28N6O3/c1-20(2,3)30-19(28)26(6)15-9-21(4,10-15)29-18-17-7-8-22-27(17)13-16(24-18)14-11-23-25(5)12-14/h7-8,11-13,15H,9-10H2,1-6H3. The lowest BCUT2D eigenvalue weighted by Gasteiger charge is -2.48. The molecule has 0 aliphatic heterocycles. The van der Waals surface area contributed by atoms with Gasteiger partial charge >= 0.3 is 6.09 Å². The fraction of sp³-hybridized carbons (Fsp3) is 0.524. The van der Waals surface area contributed by atoms with E-state index in [2.05, 4.69) is 10.2 Å². The monoisotopic (exact) mass is 412 g/mol. The highest BCUT2D eigenvalue weighted by molar-refractivity contribution is 5.68. The maximum atomic E-state index is 12.3. The van der Waals surface area contributed by atoms with Crippen molar-refractivity contribution in [2.75, 3.05) is 7.05 Å². The normalized spacial score (nSPS) is 21.3. The van der Waals surface area contributed by atoms with Gasteiger partial charge in [-0.05, 0) is 33.8 Å². The Bertz CT molecular complexity index is 1070. The number of nitrogens with zero attached hydrogens (tertiary/aromatic N) is 6. The van der Waals surface area contributed by atoms with Gasteiger partial charge in [-0.15, -0.1) is 0 Å². The average Bonchev–Trinajstić information content (AvgIpc) is 3.26. The molecule has 1 fully saturated rings. The third-order valence-electron chi connectivity index (χ3n) is 5.26. The third-order valence-corrected chi connectivity index (χ3v) is 5.26. The molecule has 0 bridgehead atoms. The van der Waals surface area contributed by atoms with Crippen LogP contribution in [0.25, 0.3) is 16.8 Å². The van der Waals surface area contributed by atoms with Gasteiger partial charge in [-0.3, -0.25) is 4.68 Å². The van der Waals surface area contributed by atoms with Crippen LogP contribution >= 0.6 is 0 Å². The number of ether oxygens (including phenoxy) is 2. The third kappa shape index (κ3) is 3.96. The summed E-state index contributed by atoms with van der Waals surface area (Å²) in [6.07, 6.45) is 8.32. The zero-order valence-electron chi connectivity index (χ0n) is 18.3. The van der Waals surface area contributed by atoms with Crippen molar-refractivity contribution in [1.82, 2.24) is 29.3 Å². The fourth-order valence-electron chi connectivity index (χ4n) is 3.68. The fourth-order valence-corrected chi connectivity index (χ4v) is 3.68. The van der Waals surface area contributed by atoms with E-state index in [4.69, 9.17) is 14.5 Å². The Hall–Kier alpha value is -3.10. The van der Waals surface area contributed by atoms with Crippen molar-refractivity contribution >= 4 is 11.6 Å². The van der Waals surface area contributed by atoms with Gasteiger partial charge in [0.2, 0.25) is 5.88 Å². The highest BCUT2D eigenvalue weighted by Gasteiger charge is 2.47. The minimum atomic E-state index is -0.515. The highest BCUT2D eigenvalue weighted by atomic mass is 16.6. The number of fused-ring (bicyclic) bond motifs is 1. The van der Waals surface area contributed by atoms with Gasteiger partial charge in [-0.2, -0.15) is 10.2 Å². The van der Waals surface area contributed by atoms with Crippen molar-refractivity contribution in [3.8, 4) is 17.1 Å². The van der Waals surface area contributed by atoms with E-state index in [0.29, 0.717) is 18.7 Å². The number of hydrogen-bond donors (Lipinski definition) is 0. The van der Waals surface area contributed by atoms with Crippen LogP contribution < -0.4 is 4.74 Å². The Morgan fingerprint density at radius 1 is 1.27 bits per heavy atom. The molecule has 3 heterocycles. The first kappa shape index (κ1) is 20.2. The first-order valence-electron chi connectivity index (χ1n) is 10.0. The SMILES string of the molecule is CN(C(=O)OC(C)(C)C)C1CC(C)(Oc2nc(-c3cnn(C)c3)cn3nccc23)C1. The second-order valence-electron chi connectivity index (χ2n) is 9.20. The molecule has 0 radical (unpaired) electrons. The van der Waals surface area contributed by atoms with Gasteiger partial charge in [0.15, 0.2) is 0 Å². The molecule has 1 aliphatic rings. The summed E-state index contributed by atoms with van der Waals surface area (Å²) in [4.78, 5) is 18.7. The van der Waals surface area contributed by atoms with Crippen molar-refractivity contribution in [3.63, 3.8) is 0 Å². The van der Waals surface area contributed by atoms with Gasteiger partial charge in [0.1, 0.15) is 16.7 Å². The van der Waals surface area contributed by atoms with Crippen molar-refractivity contribution in [2.45, 2.75) is 57.8 Å². The van der Waals surface area contributed by atoms with Crippen molar-refractivity contribution in [1.29, 1.82) is 0 Å². The number of rotatable bonds is 4. The molecule has 9 nitrogen and oxygen atoms in total. The Morgan fingerprint density at radius 2 is 2.00 bits per heavy atom. The molecule has 0 saturated heterocycles. The molecule has 0 spiro atoms. The molecule has 9 heteroatoms. The minimum Gasteiger partial charge on any atom is -0.470 e. The van der Waals surface area contributed by atoms with Crippen LogP contribution in [0.3, 0.4) is 0 Å². The summed E-state index contributed by atoms with van der Waals surface area (Å²) in [7, 11) is 3.64. The zero-order chi connectivity index (χ0) is 21.7. The Morgan fingerprint density at radius 3 is 2.63 bits per heavy atom. The number of carbonyl (C=O) groups is 1. The van der Waals surface area contributed by atoms with Crippen molar-refractivity contribution in [3.05, 3.63) is 30.9 Å². The smallest absolute Gasteiger partial charge is 0.410 e. The predicted molar refractivity (Wildman–Crippen MR) is 111 cm³/mol. The van der Waals surface area contributed by atoms with Gasteiger partial charge < -0.3 is 14.4 Å². The van der Waals surface area contributed by atoms with Crippen molar-refractivity contribution in [2.24, 2.45) is 7.05 Å². The second kappa shape index (κ2) is 7.00. The van der Waals surface area contributed by atoms with Crippen LogP contribution in [-0.2, 0) is 11.8 Å². The van der Waals surface area contributed by atoms with Crippen LogP contribution in [0.5, 0.6) is 5.88 Å². The number of aryl methyl sites for hydroxylation is 1. The van der Waals surface area contributed by atoms with Crippen LogP contribution in [0.15, 0.2) is 30.9 Å². The summed E-state index contributed by atoms with van der Waals surface area (Å²) in [5.74, 6) is 0.523.